The molecule has 4 nitrogen and oxygen atoms in total. The highest BCUT2D eigenvalue weighted by Gasteiger charge is 2.13. The highest BCUT2D eigenvalue weighted by molar-refractivity contribution is 5.56. The molecule has 0 saturated heterocycles. The summed E-state index contributed by atoms with van der Waals surface area (Å²) in [5.41, 5.74) is 5.45. The standard InChI is InChI=1S/C10H10F2N4/c1-16-10(14-9(5-13)15-16)7-4-6(11)2-3-8(7)12/h2-4H,5,13H2,1H3. The van der Waals surface area contributed by atoms with Gasteiger partial charge in [0, 0.05) is 7.05 Å². The molecule has 0 bridgehead atoms. The van der Waals surface area contributed by atoms with Crippen molar-refractivity contribution in [2.45, 2.75) is 6.54 Å². The molecule has 1 aromatic heterocycles. The second-order valence-corrected chi connectivity index (χ2v) is 3.30. The van der Waals surface area contributed by atoms with Crippen molar-refractivity contribution in [3.05, 3.63) is 35.7 Å². The third-order valence-corrected chi connectivity index (χ3v) is 2.16. The van der Waals surface area contributed by atoms with E-state index < -0.39 is 11.6 Å². The van der Waals surface area contributed by atoms with Gasteiger partial charge in [0.15, 0.2) is 11.6 Å². The summed E-state index contributed by atoms with van der Waals surface area (Å²) in [4.78, 5) is 4.02. The number of aromatic nitrogens is 3. The largest absolute Gasteiger partial charge is 0.324 e. The summed E-state index contributed by atoms with van der Waals surface area (Å²) in [6.45, 7) is 0.158. The Balaban J connectivity index is 2.57. The van der Waals surface area contributed by atoms with Gasteiger partial charge in [-0.3, -0.25) is 0 Å². The lowest BCUT2D eigenvalue weighted by atomic mass is 10.2. The fraction of sp³-hybridized carbons (Fsp3) is 0.200. The van der Waals surface area contributed by atoms with E-state index in [-0.39, 0.29) is 17.9 Å². The van der Waals surface area contributed by atoms with E-state index in [1.165, 1.54) is 4.68 Å². The van der Waals surface area contributed by atoms with Crippen LogP contribution in [0.1, 0.15) is 5.82 Å². The Morgan fingerprint density at radius 1 is 1.38 bits per heavy atom. The number of nitrogens with two attached hydrogens (primary N) is 1. The van der Waals surface area contributed by atoms with Crippen molar-refractivity contribution < 1.29 is 8.78 Å². The van der Waals surface area contributed by atoms with Crippen molar-refractivity contribution in [1.29, 1.82) is 0 Å². The molecule has 0 spiro atoms. The molecule has 0 radical (unpaired) electrons. The van der Waals surface area contributed by atoms with Crippen molar-refractivity contribution >= 4 is 0 Å². The minimum atomic E-state index is -0.541. The lowest BCUT2D eigenvalue weighted by Crippen LogP contribution is -1.99. The maximum absolute atomic E-state index is 13.5. The van der Waals surface area contributed by atoms with Gasteiger partial charge in [-0.2, -0.15) is 5.10 Å². The molecule has 0 unspecified atom stereocenters. The first-order valence-corrected chi connectivity index (χ1v) is 4.67. The summed E-state index contributed by atoms with van der Waals surface area (Å²) in [6.07, 6.45) is 0. The number of rotatable bonds is 2. The van der Waals surface area contributed by atoms with Gasteiger partial charge in [-0.05, 0) is 18.2 Å². The summed E-state index contributed by atoms with van der Waals surface area (Å²) in [6, 6.07) is 3.19. The van der Waals surface area contributed by atoms with Gasteiger partial charge < -0.3 is 5.73 Å². The van der Waals surface area contributed by atoms with Crippen LogP contribution in [0, 0.1) is 11.6 Å². The molecule has 0 atom stereocenters. The highest BCUT2D eigenvalue weighted by atomic mass is 19.1. The SMILES string of the molecule is Cn1nc(CN)nc1-c1cc(F)ccc1F. The van der Waals surface area contributed by atoms with E-state index in [0.717, 1.165) is 18.2 Å². The summed E-state index contributed by atoms with van der Waals surface area (Å²) in [5, 5.41) is 3.97. The monoisotopic (exact) mass is 224 g/mol. The van der Waals surface area contributed by atoms with Crippen LogP contribution in [0.2, 0.25) is 0 Å². The number of hydrogen-bond acceptors (Lipinski definition) is 3. The van der Waals surface area contributed by atoms with Crippen LogP contribution < -0.4 is 5.73 Å². The Kier molecular flexibility index (Phi) is 2.66. The van der Waals surface area contributed by atoms with Crippen LogP contribution in [0.15, 0.2) is 18.2 Å². The number of halogens is 2. The number of benzene rings is 1. The van der Waals surface area contributed by atoms with Gasteiger partial charge in [-0.15, -0.1) is 0 Å². The normalized spacial score (nSPS) is 10.8. The van der Waals surface area contributed by atoms with Crippen molar-refractivity contribution in [2.24, 2.45) is 12.8 Å². The molecule has 1 heterocycles. The zero-order valence-corrected chi connectivity index (χ0v) is 8.61. The van der Waals surface area contributed by atoms with Crippen molar-refractivity contribution in [2.75, 3.05) is 0 Å². The maximum Gasteiger partial charge on any atom is 0.164 e. The molecule has 0 aliphatic carbocycles. The zero-order valence-electron chi connectivity index (χ0n) is 8.61. The third-order valence-electron chi connectivity index (χ3n) is 2.16. The van der Waals surface area contributed by atoms with Gasteiger partial charge in [0.25, 0.3) is 0 Å². The molecule has 2 N–H and O–H groups in total. The van der Waals surface area contributed by atoms with E-state index in [4.69, 9.17) is 5.73 Å². The molecule has 1 aromatic carbocycles. The van der Waals surface area contributed by atoms with Gasteiger partial charge in [-0.25, -0.2) is 18.4 Å². The molecule has 0 fully saturated rings. The quantitative estimate of drug-likeness (QED) is 0.834. The Labute approximate surface area is 90.7 Å². The van der Waals surface area contributed by atoms with Crippen LogP contribution in [0.3, 0.4) is 0 Å². The second kappa shape index (κ2) is 3.97. The van der Waals surface area contributed by atoms with Crippen LogP contribution in [-0.2, 0) is 13.6 Å². The van der Waals surface area contributed by atoms with Crippen LogP contribution in [-0.4, -0.2) is 14.8 Å². The predicted octanol–water partition coefficient (Wildman–Crippen LogP) is 1.22. The van der Waals surface area contributed by atoms with Gasteiger partial charge in [0.1, 0.15) is 11.6 Å². The molecule has 0 saturated carbocycles. The summed E-state index contributed by atoms with van der Waals surface area (Å²) in [7, 11) is 1.60. The summed E-state index contributed by atoms with van der Waals surface area (Å²) < 4.78 is 27.8. The molecular formula is C10H10F2N4. The van der Waals surface area contributed by atoms with Crippen LogP contribution in [0.4, 0.5) is 8.78 Å². The topological polar surface area (TPSA) is 56.7 Å². The fourth-order valence-electron chi connectivity index (χ4n) is 1.43. The number of hydrogen-bond donors (Lipinski definition) is 1. The van der Waals surface area contributed by atoms with Gasteiger partial charge in [0.2, 0.25) is 0 Å². The predicted molar refractivity (Wildman–Crippen MR) is 54.2 cm³/mol. The van der Waals surface area contributed by atoms with Gasteiger partial charge >= 0.3 is 0 Å². The fourth-order valence-corrected chi connectivity index (χ4v) is 1.43. The number of aryl methyl sites for hydroxylation is 1. The number of nitrogens with zero attached hydrogens (tertiary/aromatic N) is 3. The second-order valence-electron chi connectivity index (χ2n) is 3.30. The molecular weight excluding hydrogens is 214 g/mol. The average Bonchev–Trinajstić information content (AvgIpc) is 2.63. The Morgan fingerprint density at radius 2 is 2.12 bits per heavy atom. The smallest absolute Gasteiger partial charge is 0.164 e. The van der Waals surface area contributed by atoms with E-state index in [1.807, 2.05) is 0 Å². The summed E-state index contributed by atoms with van der Waals surface area (Å²) >= 11 is 0. The van der Waals surface area contributed by atoms with Crippen LogP contribution >= 0.6 is 0 Å². The minimum Gasteiger partial charge on any atom is -0.324 e. The Morgan fingerprint density at radius 3 is 2.75 bits per heavy atom. The molecule has 2 rings (SSSR count). The molecule has 2 aromatic rings. The Bertz CT molecular complexity index is 522. The molecule has 0 aliphatic heterocycles. The minimum absolute atomic E-state index is 0.0784. The molecule has 6 heteroatoms. The average molecular weight is 224 g/mol. The van der Waals surface area contributed by atoms with E-state index in [1.54, 1.807) is 7.05 Å². The first-order chi connectivity index (χ1) is 7.61. The van der Waals surface area contributed by atoms with E-state index in [9.17, 15) is 8.78 Å². The van der Waals surface area contributed by atoms with Crippen LogP contribution in [0.5, 0.6) is 0 Å². The molecule has 0 aliphatic rings. The van der Waals surface area contributed by atoms with Gasteiger partial charge in [-0.1, -0.05) is 0 Å². The van der Waals surface area contributed by atoms with E-state index in [2.05, 4.69) is 10.1 Å². The molecule has 84 valence electrons. The third kappa shape index (κ3) is 1.79. The van der Waals surface area contributed by atoms with E-state index >= 15 is 0 Å². The van der Waals surface area contributed by atoms with E-state index in [0.29, 0.717) is 5.82 Å². The van der Waals surface area contributed by atoms with Crippen molar-refractivity contribution in [1.82, 2.24) is 14.8 Å². The highest BCUT2D eigenvalue weighted by Crippen LogP contribution is 2.21. The van der Waals surface area contributed by atoms with Gasteiger partial charge in [0.05, 0.1) is 12.1 Å². The lowest BCUT2D eigenvalue weighted by molar-refractivity contribution is 0.600. The van der Waals surface area contributed by atoms with Crippen molar-refractivity contribution in [3.8, 4) is 11.4 Å². The molecule has 0 amide bonds. The molecule has 16 heavy (non-hydrogen) atoms. The first-order valence-electron chi connectivity index (χ1n) is 4.67. The van der Waals surface area contributed by atoms with Crippen LogP contribution in [0.25, 0.3) is 11.4 Å². The zero-order chi connectivity index (χ0) is 11.7. The lowest BCUT2D eigenvalue weighted by Gasteiger charge is -2.01. The Hall–Kier alpha value is -1.82. The summed E-state index contributed by atoms with van der Waals surface area (Å²) in [5.74, 6) is -0.409. The van der Waals surface area contributed by atoms with Crippen molar-refractivity contribution in [3.63, 3.8) is 0 Å². The first kappa shape index (κ1) is 10.7. The maximum atomic E-state index is 13.5.